The van der Waals surface area contributed by atoms with E-state index < -0.39 is 24.1 Å². The highest BCUT2D eigenvalue weighted by Crippen LogP contribution is 2.21. The molecule has 1 N–H and O–H groups in total. The average Bonchev–Trinajstić information content (AvgIpc) is 1.97. The maximum Gasteiger partial charge on any atom is 0.220 e. The predicted molar refractivity (Wildman–Crippen MR) is 53.6 cm³/mol. The quantitative estimate of drug-likeness (QED) is 0.565. The maximum absolute atomic E-state index is 10.8. The van der Waals surface area contributed by atoms with Crippen LogP contribution in [0.3, 0.4) is 0 Å². The van der Waals surface area contributed by atoms with Gasteiger partial charge in [0.2, 0.25) is 9.57 Å². The van der Waals surface area contributed by atoms with E-state index >= 15 is 0 Å². The minimum atomic E-state index is -4.93. The molecule has 0 aliphatic rings. The first-order valence-electron chi connectivity index (χ1n) is 5.68. The fourth-order valence-electron chi connectivity index (χ4n) is 0.580. The lowest BCUT2D eigenvalue weighted by atomic mass is 9.91. The summed E-state index contributed by atoms with van der Waals surface area (Å²) in [5.74, 6) is -2.48. The largest absolute Gasteiger partial charge is 0.292 e. The molecule has 3 nitrogen and oxygen atoms in total. The Morgan fingerprint density at radius 3 is 2.42 bits per heavy atom. The van der Waals surface area contributed by atoms with Crippen LogP contribution in [0, 0.1) is 5.41 Å². The van der Waals surface area contributed by atoms with Crippen molar-refractivity contribution in [2.24, 2.45) is 5.41 Å². The van der Waals surface area contributed by atoms with Gasteiger partial charge in [-0.05, 0) is 17.8 Å². The Labute approximate surface area is 82.0 Å². The molecule has 0 saturated carbocycles. The van der Waals surface area contributed by atoms with E-state index in [1.807, 2.05) is 20.8 Å². The van der Waals surface area contributed by atoms with Crippen molar-refractivity contribution >= 4 is 18.1 Å². The molecule has 0 aromatic rings. The molecule has 74 valence electrons. The number of hydrogen-bond acceptors (Lipinski definition) is 2. The molecular formula is C7H18O3SSi. The molecule has 0 bridgehead atoms. The van der Waals surface area contributed by atoms with Crippen molar-refractivity contribution in [1.82, 2.24) is 0 Å². The van der Waals surface area contributed by atoms with Crippen molar-refractivity contribution in [2.75, 3.05) is 0 Å². The zero-order valence-corrected chi connectivity index (χ0v) is 9.40. The average molecular weight is 214 g/mol. The molecule has 0 amide bonds. The van der Waals surface area contributed by atoms with Gasteiger partial charge in [0.1, 0.15) is 0 Å². The third-order valence-corrected chi connectivity index (χ3v) is 3.06. The zero-order chi connectivity index (χ0) is 13.4. The van der Waals surface area contributed by atoms with Crippen molar-refractivity contribution in [3.63, 3.8) is 0 Å². The molecule has 0 radical (unpaired) electrons. The van der Waals surface area contributed by atoms with Crippen LogP contribution in [0.1, 0.15) is 36.4 Å². The standard InChI is InChI=1S/C7H18O3SSi/c1-7(2,3)5-4-6-12-11(8,9)10/h4-6,12H2,1-3H3,(H,8,9,10)/i6D2,12D2. The molecule has 0 aromatic carbocycles. The van der Waals surface area contributed by atoms with Crippen LogP contribution in [0.15, 0.2) is 0 Å². The summed E-state index contributed by atoms with van der Waals surface area (Å²) < 4.78 is 59.9. The Kier molecular flexibility index (Phi) is 2.40. The highest BCUT2D eigenvalue weighted by molar-refractivity contribution is 8.10. The van der Waals surface area contributed by atoms with Crippen LogP contribution in [0.25, 0.3) is 0 Å². The summed E-state index contributed by atoms with van der Waals surface area (Å²) >= 11 is 0. The van der Waals surface area contributed by atoms with Gasteiger partial charge in [-0.2, -0.15) is 0 Å². The van der Waals surface area contributed by atoms with Crippen molar-refractivity contribution in [3.8, 4) is 0 Å². The molecule has 0 spiro atoms. The van der Waals surface area contributed by atoms with E-state index in [0.29, 0.717) is 6.42 Å². The smallest absolute Gasteiger partial charge is 0.220 e. The molecular weight excluding hydrogens is 192 g/mol. The summed E-state index contributed by atoms with van der Waals surface area (Å²) in [6, 6.07) is 0. The van der Waals surface area contributed by atoms with Crippen molar-refractivity contribution in [1.29, 1.82) is 2.47 Å². The van der Waals surface area contributed by atoms with Crippen LogP contribution < -0.4 is 0 Å². The van der Waals surface area contributed by atoms with Crippen LogP contribution in [0.4, 0.5) is 0 Å². The van der Waals surface area contributed by atoms with Crippen LogP contribution in [-0.4, -0.2) is 24.0 Å². The van der Waals surface area contributed by atoms with Crippen molar-refractivity contribution in [2.45, 2.75) is 39.6 Å². The Hall–Kier alpha value is 0.127. The Morgan fingerprint density at radius 1 is 1.58 bits per heavy atom. The van der Waals surface area contributed by atoms with E-state index in [0.717, 1.165) is 0 Å². The molecule has 5 heteroatoms. The summed E-state index contributed by atoms with van der Waals surface area (Å²) in [6.45, 7) is 5.56. The van der Waals surface area contributed by atoms with Gasteiger partial charge >= 0.3 is 0 Å². The molecule has 0 atom stereocenters. The van der Waals surface area contributed by atoms with E-state index in [1.165, 1.54) is 0 Å². The Bertz CT molecular complexity index is 347. The Morgan fingerprint density at radius 2 is 2.08 bits per heavy atom. The molecule has 12 heavy (non-hydrogen) atoms. The molecule has 0 heterocycles. The highest BCUT2D eigenvalue weighted by Gasteiger charge is 2.11. The van der Waals surface area contributed by atoms with Gasteiger partial charge in [0.05, 0.1) is 0 Å². The lowest BCUT2D eigenvalue weighted by molar-refractivity contribution is 0.373. The SMILES string of the molecule is [2H]C([2H])(CCC(C)(C)C)[Si]([2H])([2H])S(=O)(=O)O. The fraction of sp³-hybridized carbons (Fsp3) is 1.00. The van der Waals surface area contributed by atoms with Gasteiger partial charge in [-0.1, -0.05) is 27.2 Å². The van der Waals surface area contributed by atoms with Gasteiger partial charge in [-0.25, -0.2) is 8.42 Å². The number of hydrogen-bond donors (Lipinski definition) is 1. The van der Waals surface area contributed by atoms with Gasteiger partial charge < -0.3 is 0 Å². The molecule has 0 aliphatic heterocycles. The fourth-order valence-corrected chi connectivity index (χ4v) is 1.84. The van der Waals surface area contributed by atoms with Crippen LogP contribution in [0.2, 0.25) is 6.00 Å². The monoisotopic (exact) mass is 214 g/mol. The second-order valence-corrected chi connectivity index (χ2v) is 7.48. The second kappa shape index (κ2) is 4.39. The van der Waals surface area contributed by atoms with E-state index in [4.69, 9.17) is 9.76 Å². The van der Waals surface area contributed by atoms with Gasteiger partial charge in [0.25, 0.3) is 0 Å². The first-order chi connectivity index (χ1) is 6.71. The van der Waals surface area contributed by atoms with Gasteiger partial charge in [-0.15, -0.1) is 0 Å². The molecule has 0 rings (SSSR count). The Balaban J connectivity index is 4.94. The van der Waals surface area contributed by atoms with Gasteiger partial charge in [0, 0.05) is 5.21 Å². The second-order valence-electron chi connectivity index (χ2n) is 3.81. The van der Waals surface area contributed by atoms with Crippen molar-refractivity contribution < 1.29 is 15.7 Å². The molecule has 0 unspecified atom stereocenters. The third kappa shape index (κ3) is 10.1. The summed E-state index contributed by atoms with van der Waals surface area (Å²) in [4.78, 5) is 0. The third-order valence-electron chi connectivity index (χ3n) is 1.20. The van der Waals surface area contributed by atoms with Gasteiger partial charge in [0.15, 0.2) is 8.53 Å². The number of rotatable bonds is 4. The molecule has 0 aliphatic carbocycles. The van der Waals surface area contributed by atoms with E-state index in [1.54, 1.807) is 0 Å². The lowest BCUT2D eigenvalue weighted by Crippen LogP contribution is -2.10. The van der Waals surface area contributed by atoms with Crippen LogP contribution >= 0.6 is 0 Å². The van der Waals surface area contributed by atoms with E-state index in [-0.39, 0.29) is 11.8 Å². The van der Waals surface area contributed by atoms with Crippen LogP contribution in [0.5, 0.6) is 0 Å². The first-order valence-corrected chi connectivity index (χ1v) is 6.84. The van der Waals surface area contributed by atoms with Gasteiger partial charge in [-0.3, -0.25) is 4.55 Å². The van der Waals surface area contributed by atoms with E-state index in [2.05, 4.69) is 0 Å². The summed E-state index contributed by atoms with van der Waals surface area (Å²) in [5, 5.41) is 0. The minimum Gasteiger partial charge on any atom is -0.292 e. The summed E-state index contributed by atoms with van der Waals surface area (Å²) in [7, 11) is -9.80. The summed E-state index contributed by atoms with van der Waals surface area (Å²) in [5.41, 5.74) is -0.211. The highest BCUT2D eigenvalue weighted by atomic mass is 32.4. The minimum absolute atomic E-state index is 0.211. The zero-order valence-electron chi connectivity index (χ0n) is 11.6. The maximum atomic E-state index is 10.8. The van der Waals surface area contributed by atoms with Crippen LogP contribution in [-0.2, 0) is 9.57 Å². The molecule has 0 saturated heterocycles. The normalized spacial score (nSPS) is 20.7. The predicted octanol–water partition coefficient (Wildman–Crippen LogP) is 1.20. The van der Waals surface area contributed by atoms with Crippen molar-refractivity contribution in [3.05, 3.63) is 0 Å². The summed E-state index contributed by atoms with van der Waals surface area (Å²) in [6.07, 6.45) is 0.136. The van der Waals surface area contributed by atoms with E-state index in [9.17, 15) is 8.42 Å². The topological polar surface area (TPSA) is 54.4 Å². The molecule has 0 fully saturated rings. The first kappa shape index (κ1) is 6.56. The lowest BCUT2D eigenvalue weighted by Gasteiger charge is -2.16. The molecule has 0 aromatic heterocycles.